The number of ether oxygens (including phenoxy) is 1. The molecule has 1 aromatic rings. The standard InChI is InChI=1S/C16H25NO5S/c1-9(2)12-8-14(11(5)7-13(12)22-6)23(20,21)17-15(10(3)4)16(18)19/h7-10,15,17H,1-6H3,(H,18,19)/t15-/m1/s1. The molecule has 6 nitrogen and oxygen atoms in total. The second-order valence-corrected chi connectivity index (χ2v) is 7.88. The first-order valence-electron chi connectivity index (χ1n) is 7.45. The lowest BCUT2D eigenvalue weighted by Crippen LogP contribution is -2.44. The van der Waals surface area contributed by atoms with Crippen LogP contribution in [0.2, 0.25) is 0 Å². The molecule has 0 radical (unpaired) electrons. The number of nitrogens with one attached hydrogen (secondary N) is 1. The van der Waals surface area contributed by atoms with E-state index in [-0.39, 0.29) is 16.7 Å². The molecule has 0 saturated heterocycles. The van der Waals surface area contributed by atoms with Crippen LogP contribution in [0.25, 0.3) is 0 Å². The molecular weight excluding hydrogens is 318 g/mol. The van der Waals surface area contributed by atoms with E-state index in [1.807, 2.05) is 13.8 Å². The van der Waals surface area contributed by atoms with Crippen LogP contribution in [0.5, 0.6) is 5.75 Å². The Labute approximate surface area is 137 Å². The van der Waals surface area contributed by atoms with Crippen molar-refractivity contribution in [3.8, 4) is 5.75 Å². The van der Waals surface area contributed by atoms with E-state index in [4.69, 9.17) is 4.74 Å². The van der Waals surface area contributed by atoms with Crippen molar-refractivity contribution in [2.24, 2.45) is 5.92 Å². The van der Waals surface area contributed by atoms with Crippen molar-refractivity contribution in [1.29, 1.82) is 0 Å². The minimum Gasteiger partial charge on any atom is -0.496 e. The molecule has 0 aromatic heterocycles. The summed E-state index contributed by atoms with van der Waals surface area (Å²) in [5, 5.41) is 9.20. The van der Waals surface area contributed by atoms with Crippen LogP contribution < -0.4 is 9.46 Å². The summed E-state index contributed by atoms with van der Waals surface area (Å²) >= 11 is 0. The maximum absolute atomic E-state index is 12.6. The van der Waals surface area contributed by atoms with Gasteiger partial charge in [-0.15, -0.1) is 0 Å². The molecular formula is C16H25NO5S. The van der Waals surface area contributed by atoms with E-state index in [9.17, 15) is 18.3 Å². The third kappa shape index (κ3) is 4.45. The number of methoxy groups -OCH3 is 1. The number of carboxylic acid groups (broad SMARTS) is 1. The number of carbonyl (C=O) groups is 1. The van der Waals surface area contributed by atoms with Crippen molar-refractivity contribution >= 4 is 16.0 Å². The number of hydrogen-bond donors (Lipinski definition) is 2. The Kier molecular flexibility index (Phi) is 6.18. The molecule has 0 amide bonds. The molecule has 0 heterocycles. The van der Waals surface area contributed by atoms with Gasteiger partial charge in [0.2, 0.25) is 10.0 Å². The summed E-state index contributed by atoms with van der Waals surface area (Å²) in [5.74, 6) is -0.876. The molecule has 130 valence electrons. The van der Waals surface area contributed by atoms with Gasteiger partial charge in [-0.3, -0.25) is 4.79 Å². The molecule has 0 saturated carbocycles. The number of sulfonamides is 1. The van der Waals surface area contributed by atoms with Crippen molar-refractivity contribution in [2.75, 3.05) is 7.11 Å². The fraction of sp³-hybridized carbons (Fsp3) is 0.562. The Bertz CT molecular complexity index is 680. The first kappa shape index (κ1) is 19.4. The first-order chi connectivity index (χ1) is 10.5. The van der Waals surface area contributed by atoms with Crippen LogP contribution in [0.15, 0.2) is 17.0 Å². The summed E-state index contributed by atoms with van der Waals surface area (Å²) in [7, 11) is -2.41. The van der Waals surface area contributed by atoms with E-state index in [1.54, 1.807) is 32.9 Å². The summed E-state index contributed by atoms with van der Waals surface area (Å²) in [6.07, 6.45) is 0. The van der Waals surface area contributed by atoms with Crippen LogP contribution in [-0.4, -0.2) is 32.6 Å². The average molecular weight is 343 g/mol. The third-order valence-electron chi connectivity index (χ3n) is 3.65. The number of carboxylic acids is 1. The van der Waals surface area contributed by atoms with E-state index in [1.165, 1.54) is 7.11 Å². The highest BCUT2D eigenvalue weighted by atomic mass is 32.2. The van der Waals surface area contributed by atoms with Crippen LogP contribution in [0.4, 0.5) is 0 Å². The normalized spacial score (nSPS) is 13.4. The molecule has 1 atom stereocenters. The van der Waals surface area contributed by atoms with Gasteiger partial charge in [0.15, 0.2) is 0 Å². The van der Waals surface area contributed by atoms with E-state index in [0.717, 1.165) is 5.56 Å². The van der Waals surface area contributed by atoms with Crippen molar-refractivity contribution < 1.29 is 23.1 Å². The van der Waals surface area contributed by atoms with Crippen LogP contribution >= 0.6 is 0 Å². The van der Waals surface area contributed by atoms with Gasteiger partial charge in [-0.25, -0.2) is 8.42 Å². The Hall–Kier alpha value is -1.60. The molecule has 0 fully saturated rings. The number of aliphatic carboxylic acids is 1. The predicted molar refractivity (Wildman–Crippen MR) is 88.4 cm³/mol. The van der Waals surface area contributed by atoms with Gasteiger partial charge in [0.25, 0.3) is 0 Å². The highest BCUT2D eigenvalue weighted by Gasteiger charge is 2.29. The second kappa shape index (κ2) is 7.31. The molecule has 1 rings (SSSR count). The maximum Gasteiger partial charge on any atom is 0.322 e. The Balaban J connectivity index is 3.38. The molecule has 0 aliphatic rings. The fourth-order valence-corrected chi connectivity index (χ4v) is 3.90. The van der Waals surface area contributed by atoms with E-state index >= 15 is 0 Å². The SMILES string of the molecule is COc1cc(C)c(S(=O)(=O)N[C@@H](C(=O)O)C(C)C)cc1C(C)C. The minimum atomic E-state index is -3.95. The van der Waals surface area contributed by atoms with Crippen LogP contribution in [0.3, 0.4) is 0 Å². The second-order valence-electron chi connectivity index (χ2n) is 6.20. The van der Waals surface area contributed by atoms with Crippen molar-refractivity contribution in [3.63, 3.8) is 0 Å². The number of hydrogen-bond acceptors (Lipinski definition) is 4. The third-order valence-corrected chi connectivity index (χ3v) is 5.24. The van der Waals surface area contributed by atoms with E-state index in [0.29, 0.717) is 11.3 Å². The van der Waals surface area contributed by atoms with Crippen LogP contribution in [0, 0.1) is 12.8 Å². The van der Waals surface area contributed by atoms with Gasteiger partial charge in [-0.2, -0.15) is 4.72 Å². The zero-order valence-corrected chi connectivity index (χ0v) is 15.2. The Morgan fingerprint density at radius 1 is 1.22 bits per heavy atom. The quantitative estimate of drug-likeness (QED) is 0.793. The predicted octanol–water partition coefficient (Wildman–Crippen LogP) is 2.51. The van der Waals surface area contributed by atoms with Crippen LogP contribution in [0.1, 0.15) is 44.7 Å². The highest BCUT2D eigenvalue weighted by Crippen LogP contribution is 2.31. The zero-order valence-electron chi connectivity index (χ0n) is 14.4. The van der Waals surface area contributed by atoms with E-state index < -0.39 is 22.0 Å². The summed E-state index contributed by atoms with van der Waals surface area (Å²) in [6.45, 7) is 8.84. The number of benzene rings is 1. The van der Waals surface area contributed by atoms with Crippen molar-refractivity contribution in [2.45, 2.75) is 51.5 Å². The molecule has 23 heavy (non-hydrogen) atoms. The molecule has 0 aliphatic carbocycles. The molecule has 0 unspecified atom stereocenters. The monoisotopic (exact) mass is 343 g/mol. The molecule has 0 aliphatic heterocycles. The topological polar surface area (TPSA) is 92.7 Å². The van der Waals surface area contributed by atoms with Crippen molar-refractivity contribution in [3.05, 3.63) is 23.3 Å². The van der Waals surface area contributed by atoms with Crippen molar-refractivity contribution in [1.82, 2.24) is 4.72 Å². The van der Waals surface area contributed by atoms with Gasteiger partial charge < -0.3 is 9.84 Å². The van der Waals surface area contributed by atoms with Gasteiger partial charge in [0.1, 0.15) is 11.8 Å². The zero-order chi connectivity index (χ0) is 17.9. The Morgan fingerprint density at radius 2 is 1.78 bits per heavy atom. The number of rotatable bonds is 7. The lowest BCUT2D eigenvalue weighted by atomic mass is 10.0. The molecule has 0 bridgehead atoms. The van der Waals surface area contributed by atoms with Gasteiger partial charge in [0.05, 0.1) is 12.0 Å². The average Bonchev–Trinajstić information content (AvgIpc) is 2.43. The molecule has 1 aromatic carbocycles. The van der Waals surface area contributed by atoms with Gasteiger partial charge >= 0.3 is 5.97 Å². The first-order valence-corrected chi connectivity index (χ1v) is 8.93. The highest BCUT2D eigenvalue weighted by molar-refractivity contribution is 7.89. The maximum atomic E-state index is 12.6. The van der Waals surface area contributed by atoms with Gasteiger partial charge in [-0.1, -0.05) is 27.7 Å². The lowest BCUT2D eigenvalue weighted by molar-refractivity contribution is -0.140. The molecule has 0 spiro atoms. The lowest BCUT2D eigenvalue weighted by Gasteiger charge is -2.20. The summed E-state index contributed by atoms with van der Waals surface area (Å²) < 4.78 is 32.9. The largest absolute Gasteiger partial charge is 0.496 e. The number of aryl methyl sites for hydroxylation is 1. The van der Waals surface area contributed by atoms with Gasteiger partial charge in [-0.05, 0) is 42.0 Å². The molecule has 2 N–H and O–H groups in total. The summed E-state index contributed by atoms with van der Waals surface area (Å²) in [6, 6.07) is 2.04. The van der Waals surface area contributed by atoms with E-state index in [2.05, 4.69) is 4.72 Å². The fourth-order valence-electron chi connectivity index (χ4n) is 2.30. The smallest absolute Gasteiger partial charge is 0.322 e. The summed E-state index contributed by atoms with van der Waals surface area (Å²) in [5.41, 5.74) is 1.27. The van der Waals surface area contributed by atoms with Crippen LogP contribution in [-0.2, 0) is 14.8 Å². The minimum absolute atomic E-state index is 0.0693. The molecule has 7 heteroatoms. The Morgan fingerprint density at radius 3 is 2.17 bits per heavy atom. The van der Waals surface area contributed by atoms with Gasteiger partial charge in [0, 0.05) is 0 Å². The summed E-state index contributed by atoms with van der Waals surface area (Å²) in [4.78, 5) is 11.3.